The summed E-state index contributed by atoms with van der Waals surface area (Å²) in [5.41, 5.74) is 1.57. The smallest absolute Gasteiger partial charge is 0.0831 e. The van der Waals surface area contributed by atoms with Gasteiger partial charge in [0, 0.05) is 13.2 Å². The van der Waals surface area contributed by atoms with E-state index < -0.39 is 0 Å². The van der Waals surface area contributed by atoms with Crippen molar-refractivity contribution in [2.45, 2.75) is 43.7 Å². The molecule has 1 saturated carbocycles. The Kier molecular flexibility index (Phi) is 4.00. The average molecular weight is 239 g/mol. The number of rotatable bonds is 6. The molecule has 1 aliphatic carbocycles. The summed E-state index contributed by atoms with van der Waals surface area (Å²) in [7, 11) is 3.91. The summed E-state index contributed by atoms with van der Waals surface area (Å²) < 4.78 is 5.74. The fraction of sp³-hybridized carbons (Fsp3) is 0.692. The lowest BCUT2D eigenvalue weighted by Crippen LogP contribution is -2.55. The molecule has 0 radical (unpaired) electrons. The van der Waals surface area contributed by atoms with Crippen LogP contribution in [0.4, 0.5) is 0 Å². The fourth-order valence-corrected chi connectivity index (χ4v) is 3.34. The van der Waals surface area contributed by atoms with Crippen molar-refractivity contribution < 1.29 is 4.74 Å². The van der Waals surface area contributed by atoms with Gasteiger partial charge >= 0.3 is 0 Å². The van der Waals surface area contributed by atoms with E-state index in [0.717, 1.165) is 6.42 Å². The molecule has 0 aromatic carbocycles. The Morgan fingerprint density at radius 3 is 2.81 bits per heavy atom. The molecule has 1 aromatic heterocycles. The van der Waals surface area contributed by atoms with Crippen molar-refractivity contribution in [1.29, 1.82) is 0 Å². The van der Waals surface area contributed by atoms with Gasteiger partial charge in [0.15, 0.2) is 0 Å². The van der Waals surface area contributed by atoms with E-state index in [1.165, 1.54) is 31.2 Å². The van der Waals surface area contributed by atoms with Gasteiger partial charge in [-0.3, -0.25) is 0 Å². The van der Waals surface area contributed by atoms with Gasteiger partial charge in [-0.15, -0.1) is 0 Å². The lowest BCUT2D eigenvalue weighted by atomic mass is 9.73. The molecule has 90 valence electrons. The summed E-state index contributed by atoms with van der Waals surface area (Å²) in [5, 5.41) is 7.83. The Morgan fingerprint density at radius 1 is 1.56 bits per heavy atom. The van der Waals surface area contributed by atoms with E-state index >= 15 is 0 Å². The van der Waals surface area contributed by atoms with Crippen LogP contribution in [0.25, 0.3) is 0 Å². The standard InChI is InChI=1S/C13H21NOS/c1-14-12(13(15-2)7-3-8-13)5-4-11-6-9-16-10-11/h6,9-10,12,14H,3-5,7-8H2,1-2H3. The number of aryl methyl sites for hydroxylation is 1. The van der Waals surface area contributed by atoms with Crippen molar-refractivity contribution in [3.05, 3.63) is 22.4 Å². The Hall–Kier alpha value is -0.380. The Balaban J connectivity index is 1.90. The van der Waals surface area contributed by atoms with Crippen LogP contribution in [0.5, 0.6) is 0 Å². The topological polar surface area (TPSA) is 21.3 Å². The molecule has 1 N–H and O–H groups in total. The number of hydrogen-bond acceptors (Lipinski definition) is 3. The van der Waals surface area contributed by atoms with Gasteiger partial charge in [-0.2, -0.15) is 11.3 Å². The van der Waals surface area contributed by atoms with Gasteiger partial charge in [0.05, 0.1) is 5.60 Å². The number of ether oxygens (including phenoxy) is 1. The van der Waals surface area contributed by atoms with Crippen LogP contribution >= 0.6 is 11.3 Å². The van der Waals surface area contributed by atoms with E-state index in [1.807, 2.05) is 7.11 Å². The van der Waals surface area contributed by atoms with Crippen molar-refractivity contribution in [1.82, 2.24) is 5.32 Å². The van der Waals surface area contributed by atoms with Crippen LogP contribution in [0.2, 0.25) is 0 Å². The lowest BCUT2D eigenvalue weighted by Gasteiger charge is -2.46. The maximum Gasteiger partial charge on any atom is 0.0831 e. The Bertz CT molecular complexity index is 300. The fourth-order valence-electron chi connectivity index (χ4n) is 2.64. The van der Waals surface area contributed by atoms with E-state index in [-0.39, 0.29) is 5.60 Å². The SMILES string of the molecule is CNC(CCc1ccsc1)C1(OC)CCC1. The number of hydrogen-bond donors (Lipinski definition) is 1. The third-order valence-corrected chi connectivity index (χ3v) is 4.62. The molecule has 1 atom stereocenters. The van der Waals surface area contributed by atoms with Crippen LogP contribution in [-0.4, -0.2) is 25.8 Å². The highest BCUT2D eigenvalue weighted by atomic mass is 32.1. The predicted octanol–water partition coefficient (Wildman–Crippen LogP) is 2.84. The highest BCUT2D eigenvalue weighted by molar-refractivity contribution is 7.07. The zero-order valence-corrected chi connectivity index (χ0v) is 11.0. The van der Waals surface area contributed by atoms with Crippen LogP contribution in [0.1, 0.15) is 31.2 Å². The van der Waals surface area contributed by atoms with Crippen LogP contribution in [0.15, 0.2) is 16.8 Å². The van der Waals surface area contributed by atoms with Crippen molar-refractivity contribution in [3.63, 3.8) is 0 Å². The monoisotopic (exact) mass is 239 g/mol. The minimum Gasteiger partial charge on any atom is -0.377 e. The molecule has 1 aliphatic rings. The normalized spacial score (nSPS) is 20.4. The van der Waals surface area contributed by atoms with Gasteiger partial charge in [-0.1, -0.05) is 0 Å². The van der Waals surface area contributed by atoms with Crippen molar-refractivity contribution in [2.75, 3.05) is 14.2 Å². The molecular formula is C13H21NOS. The first-order valence-electron chi connectivity index (χ1n) is 6.04. The molecule has 1 fully saturated rings. The van der Waals surface area contributed by atoms with Crippen LogP contribution in [0, 0.1) is 0 Å². The molecule has 1 aromatic rings. The lowest BCUT2D eigenvalue weighted by molar-refractivity contribution is -0.0983. The van der Waals surface area contributed by atoms with Gasteiger partial charge in [0.25, 0.3) is 0 Å². The van der Waals surface area contributed by atoms with E-state index in [2.05, 4.69) is 29.2 Å². The molecule has 0 bridgehead atoms. The number of thiophene rings is 1. The number of likely N-dealkylation sites (N-methyl/N-ethyl adjacent to an activating group) is 1. The summed E-state index contributed by atoms with van der Waals surface area (Å²) in [6, 6.07) is 2.71. The molecule has 1 unspecified atom stereocenters. The van der Waals surface area contributed by atoms with E-state index in [0.29, 0.717) is 6.04 Å². The quantitative estimate of drug-likeness (QED) is 0.824. The second kappa shape index (κ2) is 5.30. The minimum absolute atomic E-state index is 0.116. The summed E-state index contributed by atoms with van der Waals surface area (Å²) >= 11 is 1.78. The second-order valence-corrected chi connectivity index (χ2v) is 5.41. The highest BCUT2D eigenvalue weighted by Gasteiger charge is 2.43. The zero-order valence-electron chi connectivity index (χ0n) is 10.2. The molecule has 16 heavy (non-hydrogen) atoms. The van der Waals surface area contributed by atoms with Crippen LogP contribution in [0.3, 0.4) is 0 Å². The van der Waals surface area contributed by atoms with Gasteiger partial charge < -0.3 is 10.1 Å². The van der Waals surface area contributed by atoms with E-state index in [4.69, 9.17) is 4.74 Å². The van der Waals surface area contributed by atoms with E-state index in [9.17, 15) is 0 Å². The maximum absolute atomic E-state index is 5.74. The molecular weight excluding hydrogens is 218 g/mol. The third-order valence-electron chi connectivity index (χ3n) is 3.89. The van der Waals surface area contributed by atoms with Gasteiger partial charge in [0.2, 0.25) is 0 Å². The molecule has 0 aliphatic heterocycles. The maximum atomic E-state index is 5.74. The molecule has 1 heterocycles. The highest BCUT2D eigenvalue weighted by Crippen LogP contribution is 2.39. The summed E-state index contributed by atoms with van der Waals surface area (Å²) in [4.78, 5) is 0. The summed E-state index contributed by atoms with van der Waals surface area (Å²) in [5.74, 6) is 0. The van der Waals surface area contributed by atoms with Crippen molar-refractivity contribution in [3.8, 4) is 0 Å². The second-order valence-electron chi connectivity index (χ2n) is 4.63. The van der Waals surface area contributed by atoms with Crippen LogP contribution < -0.4 is 5.32 Å². The molecule has 3 heteroatoms. The largest absolute Gasteiger partial charge is 0.377 e. The predicted molar refractivity (Wildman–Crippen MR) is 69.1 cm³/mol. The number of nitrogens with one attached hydrogen (secondary N) is 1. The first-order chi connectivity index (χ1) is 7.80. The minimum atomic E-state index is 0.116. The van der Waals surface area contributed by atoms with Crippen molar-refractivity contribution in [2.24, 2.45) is 0 Å². The first-order valence-corrected chi connectivity index (χ1v) is 6.98. The number of methoxy groups -OCH3 is 1. The van der Waals surface area contributed by atoms with Gasteiger partial charge in [0.1, 0.15) is 0 Å². The molecule has 2 rings (SSSR count). The third kappa shape index (κ3) is 2.31. The molecule has 2 nitrogen and oxygen atoms in total. The average Bonchev–Trinajstić information content (AvgIpc) is 2.74. The molecule has 0 saturated heterocycles. The van der Waals surface area contributed by atoms with Crippen molar-refractivity contribution >= 4 is 11.3 Å². The molecule has 0 amide bonds. The van der Waals surface area contributed by atoms with E-state index in [1.54, 1.807) is 11.3 Å². The summed E-state index contributed by atoms with van der Waals surface area (Å²) in [6.45, 7) is 0. The van der Waals surface area contributed by atoms with Gasteiger partial charge in [-0.05, 0) is 61.5 Å². The van der Waals surface area contributed by atoms with Gasteiger partial charge in [-0.25, -0.2) is 0 Å². The van der Waals surface area contributed by atoms with Crippen LogP contribution in [-0.2, 0) is 11.2 Å². The zero-order chi connectivity index (χ0) is 11.4. The summed E-state index contributed by atoms with van der Waals surface area (Å²) in [6.07, 6.45) is 6.04. The Morgan fingerprint density at radius 2 is 2.38 bits per heavy atom. The first kappa shape index (κ1) is 12.1. The Labute approximate surface area is 102 Å². The molecule has 0 spiro atoms.